The Morgan fingerprint density at radius 2 is 1.86 bits per heavy atom. The molecule has 1 aliphatic carbocycles. The average molecular weight is 209 g/mol. The molecule has 1 aliphatic heterocycles. The fourth-order valence-corrected chi connectivity index (χ4v) is 2.12. The number of rotatable bonds is 0. The van der Waals surface area contributed by atoms with Gasteiger partial charge in [-0.15, -0.1) is 11.8 Å². The molecule has 0 saturated heterocycles. The molecule has 0 saturated carbocycles. The molecule has 0 bridgehead atoms. The summed E-state index contributed by atoms with van der Waals surface area (Å²) in [5.74, 6) is 1.01. The first-order valence-electron chi connectivity index (χ1n) is 5.17. The van der Waals surface area contributed by atoms with E-state index in [1.807, 2.05) is 25.6 Å². The van der Waals surface area contributed by atoms with Crippen LogP contribution >= 0.6 is 11.8 Å². The first-order chi connectivity index (χ1) is 6.67. The predicted molar refractivity (Wildman–Crippen MR) is 66.0 cm³/mol. The number of thioether (sulfide) groups is 1. The first kappa shape index (κ1) is 11.4. The molecule has 0 radical (unpaired) electrons. The minimum Gasteiger partial charge on any atom is -0.375 e. The quantitative estimate of drug-likeness (QED) is 0.653. The normalized spacial score (nSPS) is 22.0. The van der Waals surface area contributed by atoms with E-state index in [1.54, 1.807) is 0 Å². The van der Waals surface area contributed by atoms with E-state index in [9.17, 15) is 0 Å². The van der Waals surface area contributed by atoms with E-state index in [-0.39, 0.29) is 5.41 Å². The fraction of sp³-hybridized carbons (Fsp3) is 0.500. The molecule has 78 valence electrons. The van der Waals surface area contributed by atoms with Crippen LogP contribution in [0.15, 0.2) is 34.9 Å². The monoisotopic (exact) mass is 209 g/mol. The zero-order chi connectivity index (χ0) is 10.6. The van der Waals surface area contributed by atoms with E-state index in [4.69, 9.17) is 0 Å². The minimum atomic E-state index is 0.201. The van der Waals surface area contributed by atoms with Crippen LogP contribution in [-0.2, 0) is 0 Å². The molecule has 0 amide bonds. The summed E-state index contributed by atoms with van der Waals surface area (Å²) in [6, 6.07) is 0. The Kier molecular flexibility index (Phi) is 3.87. The summed E-state index contributed by atoms with van der Waals surface area (Å²) in [4.78, 5) is 1.37. The first-order valence-corrected chi connectivity index (χ1v) is 6.15. The summed E-state index contributed by atoms with van der Waals surface area (Å²) >= 11 is 1.87. The van der Waals surface area contributed by atoms with Gasteiger partial charge in [0.1, 0.15) is 0 Å². The average Bonchev–Trinajstić information content (AvgIpc) is 2.58. The van der Waals surface area contributed by atoms with Gasteiger partial charge in [0, 0.05) is 16.0 Å². The molecule has 2 aliphatic rings. The van der Waals surface area contributed by atoms with Gasteiger partial charge in [-0.05, 0) is 12.2 Å². The van der Waals surface area contributed by atoms with Gasteiger partial charge >= 0.3 is 0 Å². The van der Waals surface area contributed by atoms with Gasteiger partial charge < -0.3 is 5.32 Å². The van der Waals surface area contributed by atoms with Crippen LogP contribution < -0.4 is 5.32 Å². The molecule has 0 aromatic carbocycles. The Hall–Kier alpha value is -0.630. The molecule has 0 aromatic rings. The van der Waals surface area contributed by atoms with Crippen molar-refractivity contribution in [3.05, 3.63) is 34.9 Å². The van der Waals surface area contributed by atoms with Crippen molar-refractivity contribution in [3.8, 4) is 0 Å². The molecular weight excluding hydrogens is 190 g/mol. The summed E-state index contributed by atoms with van der Waals surface area (Å²) < 4.78 is 0. The summed E-state index contributed by atoms with van der Waals surface area (Å²) in [5.41, 5.74) is 1.48. The fourth-order valence-electron chi connectivity index (χ4n) is 1.28. The van der Waals surface area contributed by atoms with Gasteiger partial charge in [-0.25, -0.2) is 0 Å². The van der Waals surface area contributed by atoms with Gasteiger partial charge in [0.25, 0.3) is 0 Å². The van der Waals surface area contributed by atoms with Crippen molar-refractivity contribution in [1.29, 1.82) is 0 Å². The molecule has 0 aromatic heterocycles. The van der Waals surface area contributed by atoms with Crippen LogP contribution in [0, 0.1) is 5.41 Å². The maximum atomic E-state index is 3.34. The summed E-state index contributed by atoms with van der Waals surface area (Å²) in [6.07, 6.45) is 8.91. The third-order valence-corrected chi connectivity index (χ3v) is 3.06. The molecule has 1 heterocycles. The highest BCUT2D eigenvalue weighted by Gasteiger charge is 2.16. The Labute approximate surface area is 91.4 Å². The van der Waals surface area contributed by atoms with E-state index in [1.165, 1.54) is 10.6 Å². The highest BCUT2D eigenvalue weighted by atomic mass is 32.2. The van der Waals surface area contributed by atoms with Gasteiger partial charge in [0.2, 0.25) is 0 Å². The molecule has 0 fully saturated rings. The molecular formula is C12H19NS. The molecule has 2 heteroatoms. The van der Waals surface area contributed by atoms with Crippen molar-refractivity contribution in [2.75, 3.05) is 5.88 Å². The zero-order valence-corrected chi connectivity index (χ0v) is 10.2. The van der Waals surface area contributed by atoms with Gasteiger partial charge in [0.15, 0.2) is 0 Å². The SMILES string of the molecule is CC.CC1(C)C=CC2=C(C=C1)SCN2. The molecule has 1 nitrogen and oxygen atoms in total. The van der Waals surface area contributed by atoms with Crippen LogP contribution in [-0.4, -0.2) is 5.88 Å². The maximum absolute atomic E-state index is 3.34. The molecule has 2 rings (SSSR count). The zero-order valence-electron chi connectivity index (χ0n) is 9.42. The maximum Gasteiger partial charge on any atom is 0.0658 e. The van der Waals surface area contributed by atoms with Gasteiger partial charge in [-0.1, -0.05) is 39.8 Å². The summed E-state index contributed by atoms with van der Waals surface area (Å²) in [5, 5.41) is 3.34. The van der Waals surface area contributed by atoms with E-state index >= 15 is 0 Å². The van der Waals surface area contributed by atoms with Crippen molar-refractivity contribution in [2.24, 2.45) is 5.41 Å². The van der Waals surface area contributed by atoms with E-state index in [0.717, 1.165) is 5.88 Å². The lowest BCUT2D eigenvalue weighted by molar-refractivity contribution is 0.626. The lowest BCUT2D eigenvalue weighted by Gasteiger charge is -2.12. The Bertz CT molecular complexity index is 259. The van der Waals surface area contributed by atoms with Crippen molar-refractivity contribution < 1.29 is 0 Å². The Morgan fingerprint density at radius 1 is 1.21 bits per heavy atom. The second-order valence-electron chi connectivity index (χ2n) is 3.73. The van der Waals surface area contributed by atoms with Crippen LogP contribution in [0.1, 0.15) is 27.7 Å². The number of hydrogen-bond donors (Lipinski definition) is 1. The van der Waals surface area contributed by atoms with Gasteiger partial charge in [-0.3, -0.25) is 0 Å². The van der Waals surface area contributed by atoms with Crippen LogP contribution in [0.25, 0.3) is 0 Å². The van der Waals surface area contributed by atoms with Crippen LogP contribution in [0.4, 0.5) is 0 Å². The Balaban J connectivity index is 0.000000461. The Morgan fingerprint density at radius 3 is 2.57 bits per heavy atom. The van der Waals surface area contributed by atoms with Crippen LogP contribution in [0.5, 0.6) is 0 Å². The topological polar surface area (TPSA) is 12.0 Å². The van der Waals surface area contributed by atoms with Crippen molar-refractivity contribution in [1.82, 2.24) is 5.32 Å². The van der Waals surface area contributed by atoms with Crippen LogP contribution in [0.3, 0.4) is 0 Å². The number of hydrogen-bond acceptors (Lipinski definition) is 2. The second-order valence-corrected chi connectivity index (χ2v) is 4.75. The molecule has 0 spiro atoms. The lowest BCUT2D eigenvalue weighted by atomic mass is 9.93. The minimum absolute atomic E-state index is 0.201. The smallest absolute Gasteiger partial charge is 0.0658 e. The van der Waals surface area contributed by atoms with E-state index < -0.39 is 0 Å². The van der Waals surface area contributed by atoms with Crippen molar-refractivity contribution in [3.63, 3.8) is 0 Å². The predicted octanol–water partition coefficient (Wildman–Crippen LogP) is 3.67. The number of allylic oxidation sites excluding steroid dienone is 4. The third kappa shape index (κ3) is 2.68. The van der Waals surface area contributed by atoms with Crippen molar-refractivity contribution >= 4 is 11.8 Å². The highest BCUT2D eigenvalue weighted by molar-refractivity contribution is 8.03. The highest BCUT2D eigenvalue weighted by Crippen LogP contribution is 2.32. The lowest BCUT2D eigenvalue weighted by Crippen LogP contribution is -2.05. The van der Waals surface area contributed by atoms with Gasteiger partial charge in [-0.2, -0.15) is 0 Å². The standard InChI is InChI=1S/C10H13NS.C2H6/c1-10(2)5-3-8-9(4-6-10)12-7-11-8;1-2/h3-6,11H,7H2,1-2H3;1-2H3. The molecule has 1 N–H and O–H groups in total. The second kappa shape index (κ2) is 4.74. The van der Waals surface area contributed by atoms with E-state index in [0.29, 0.717) is 0 Å². The summed E-state index contributed by atoms with van der Waals surface area (Å²) in [6.45, 7) is 8.43. The molecule has 14 heavy (non-hydrogen) atoms. The number of nitrogens with one attached hydrogen (secondary N) is 1. The summed E-state index contributed by atoms with van der Waals surface area (Å²) in [7, 11) is 0. The van der Waals surface area contributed by atoms with E-state index in [2.05, 4.69) is 43.5 Å². The molecule has 0 unspecified atom stereocenters. The largest absolute Gasteiger partial charge is 0.375 e. The third-order valence-electron chi connectivity index (χ3n) is 2.10. The molecule has 0 atom stereocenters. The van der Waals surface area contributed by atoms with Gasteiger partial charge in [0.05, 0.1) is 5.88 Å². The van der Waals surface area contributed by atoms with Crippen LogP contribution in [0.2, 0.25) is 0 Å². The van der Waals surface area contributed by atoms with Crippen molar-refractivity contribution in [2.45, 2.75) is 27.7 Å².